The zero-order chi connectivity index (χ0) is 20.7. The summed E-state index contributed by atoms with van der Waals surface area (Å²) in [5, 5.41) is 2.80. The molecular formula is C21H24N2O5S. The van der Waals surface area contributed by atoms with Gasteiger partial charge in [-0.05, 0) is 29.3 Å². The van der Waals surface area contributed by atoms with Crippen molar-refractivity contribution in [3.05, 3.63) is 65.7 Å². The van der Waals surface area contributed by atoms with E-state index in [0.717, 1.165) is 5.56 Å². The lowest BCUT2D eigenvalue weighted by Crippen LogP contribution is -2.40. The molecule has 2 aromatic rings. The SMILES string of the molecule is COc1ccc(/C=C/C(=O)NCc2ccccc2)cc1S(=O)(=O)N1CCOCC1. The predicted octanol–water partition coefficient (Wildman–Crippen LogP) is 2.05. The molecular weight excluding hydrogens is 392 g/mol. The summed E-state index contributed by atoms with van der Waals surface area (Å²) in [7, 11) is -2.29. The predicted molar refractivity (Wildman–Crippen MR) is 110 cm³/mol. The number of morpholine rings is 1. The van der Waals surface area contributed by atoms with E-state index in [9.17, 15) is 13.2 Å². The number of ether oxygens (including phenoxy) is 2. The lowest BCUT2D eigenvalue weighted by Gasteiger charge is -2.26. The van der Waals surface area contributed by atoms with E-state index in [-0.39, 0.29) is 16.6 Å². The Labute approximate surface area is 171 Å². The Bertz CT molecular complexity index is 968. The van der Waals surface area contributed by atoms with Gasteiger partial charge in [0.1, 0.15) is 10.6 Å². The highest BCUT2D eigenvalue weighted by molar-refractivity contribution is 7.89. The van der Waals surface area contributed by atoms with Crippen molar-refractivity contribution >= 4 is 22.0 Å². The molecule has 0 aliphatic carbocycles. The van der Waals surface area contributed by atoms with Crippen molar-refractivity contribution in [3.8, 4) is 5.75 Å². The van der Waals surface area contributed by atoms with Crippen molar-refractivity contribution in [2.45, 2.75) is 11.4 Å². The van der Waals surface area contributed by atoms with Crippen LogP contribution in [0.2, 0.25) is 0 Å². The van der Waals surface area contributed by atoms with Crippen molar-refractivity contribution in [2.75, 3.05) is 33.4 Å². The van der Waals surface area contributed by atoms with E-state index < -0.39 is 10.0 Å². The van der Waals surface area contributed by atoms with E-state index in [0.29, 0.717) is 38.4 Å². The van der Waals surface area contributed by atoms with Gasteiger partial charge in [0.25, 0.3) is 0 Å². The van der Waals surface area contributed by atoms with Crippen molar-refractivity contribution < 1.29 is 22.7 Å². The van der Waals surface area contributed by atoms with Crippen molar-refractivity contribution in [2.24, 2.45) is 0 Å². The Morgan fingerprint density at radius 1 is 1.17 bits per heavy atom. The lowest BCUT2D eigenvalue weighted by molar-refractivity contribution is -0.116. The Hall–Kier alpha value is -2.68. The van der Waals surface area contributed by atoms with Crippen molar-refractivity contribution in [1.82, 2.24) is 9.62 Å². The van der Waals surface area contributed by atoms with Gasteiger partial charge in [0.15, 0.2) is 0 Å². The van der Waals surface area contributed by atoms with Gasteiger partial charge in [0, 0.05) is 25.7 Å². The van der Waals surface area contributed by atoms with Crippen molar-refractivity contribution in [1.29, 1.82) is 0 Å². The average Bonchev–Trinajstić information content (AvgIpc) is 2.77. The molecule has 1 saturated heterocycles. The first-order chi connectivity index (χ1) is 14.0. The summed E-state index contributed by atoms with van der Waals surface area (Å²) in [5.41, 5.74) is 1.59. The van der Waals surface area contributed by atoms with Crippen LogP contribution in [0.5, 0.6) is 5.75 Å². The second-order valence-corrected chi connectivity index (χ2v) is 8.37. The van der Waals surface area contributed by atoms with E-state index in [4.69, 9.17) is 9.47 Å². The lowest BCUT2D eigenvalue weighted by atomic mass is 10.2. The van der Waals surface area contributed by atoms with Crippen LogP contribution in [0, 0.1) is 0 Å². The molecule has 154 valence electrons. The maximum absolute atomic E-state index is 13.0. The molecule has 0 unspecified atom stereocenters. The van der Waals surface area contributed by atoms with Gasteiger partial charge in [-0.25, -0.2) is 8.42 Å². The molecule has 3 rings (SSSR count). The standard InChI is InChI=1S/C21H24N2O5S/c1-27-19-9-7-17(8-10-21(24)22-16-18-5-3-2-4-6-18)15-20(19)29(25,26)23-11-13-28-14-12-23/h2-10,15H,11-14,16H2,1H3,(H,22,24)/b10-8+. The van der Waals surface area contributed by atoms with Crippen LogP contribution in [0.15, 0.2) is 59.5 Å². The van der Waals surface area contributed by atoms with Gasteiger partial charge in [-0.3, -0.25) is 4.79 Å². The molecule has 1 amide bonds. The number of sulfonamides is 1. The molecule has 0 atom stereocenters. The number of carbonyl (C=O) groups excluding carboxylic acids is 1. The number of hydrogen-bond donors (Lipinski definition) is 1. The summed E-state index contributed by atoms with van der Waals surface area (Å²) in [4.78, 5) is 12.2. The number of hydrogen-bond acceptors (Lipinski definition) is 5. The van der Waals surface area contributed by atoms with Gasteiger partial charge in [0.2, 0.25) is 15.9 Å². The molecule has 0 radical (unpaired) electrons. The van der Waals surface area contributed by atoms with Crippen LogP contribution < -0.4 is 10.1 Å². The molecule has 29 heavy (non-hydrogen) atoms. The number of rotatable bonds is 7. The Kier molecular flexibility index (Phi) is 7.03. The first kappa shape index (κ1) is 21.0. The zero-order valence-corrected chi connectivity index (χ0v) is 17.0. The van der Waals surface area contributed by atoms with Gasteiger partial charge in [-0.15, -0.1) is 0 Å². The summed E-state index contributed by atoms with van der Waals surface area (Å²) in [6.07, 6.45) is 2.97. The molecule has 2 aromatic carbocycles. The highest BCUT2D eigenvalue weighted by atomic mass is 32.2. The number of nitrogens with one attached hydrogen (secondary N) is 1. The summed E-state index contributed by atoms with van der Waals surface area (Å²) in [5.74, 6) is 0.00410. The van der Waals surface area contributed by atoms with E-state index in [2.05, 4.69) is 5.32 Å². The number of amides is 1. The molecule has 1 N–H and O–H groups in total. The van der Waals surface area contributed by atoms with Gasteiger partial charge >= 0.3 is 0 Å². The largest absolute Gasteiger partial charge is 0.495 e. The average molecular weight is 416 g/mol. The summed E-state index contributed by atoms with van der Waals surface area (Å²) in [6.45, 7) is 1.75. The first-order valence-electron chi connectivity index (χ1n) is 9.26. The molecule has 0 spiro atoms. The minimum Gasteiger partial charge on any atom is -0.495 e. The van der Waals surface area contributed by atoms with Crippen LogP contribution >= 0.6 is 0 Å². The first-order valence-corrected chi connectivity index (χ1v) is 10.7. The van der Waals surface area contributed by atoms with Crippen LogP contribution in [0.4, 0.5) is 0 Å². The van der Waals surface area contributed by atoms with Gasteiger partial charge in [-0.1, -0.05) is 36.4 Å². The third-order valence-corrected chi connectivity index (χ3v) is 6.43. The second-order valence-electron chi connectivity index (χ2n) is 6.46. The maximum atomic E-state index is 13.0. The van der Waals surface area contributed by atoms with Crippen LogP contribution in [-0.2, 0) is 26.1 Å². The fourth-order valence-electron chi connectivity index (χ4n) is 2.94. The highest BCUT2D eigenvalue weighted by Gasteiger charge is 2.29. The summed E-state index contributed by atoms with van der Waals surface area (Å²) < 4.78 is 37.9. The minimum atomic E-state index is -3.72. The molecule has 1 aliphatic heterocycles. The van der Waals surface area contributed by atoms with Gasteiger partial charge in [-0.2, -0.15) is 4.31 Å². The minimum absolute atomic E-state index is 0.0775. The Morgan fingerprint density at radius 2 is 1.90 bits per heavy atom. The molecule has 0 bridgehead atoms. The quantitative estimate of drug-likeness (QED) is 0.699. The van der Waals surface area contributed by atoms with Crippen LogP contribution in [0.1, 0.15) is 11.1 Å². The molecule has 0 saturated carbocycles. The molecule has 8 heteroatoms. The smallest absolute Gasteiger partial charge is 0.246 e. The van der Waals surface area contributed by atoms with E-state index in [1.54, 1.807) is 18.2 Å². The van der Waals surface area contributed by atoms with Gasteiger partial charge < -0.3 is 14.8 Å². The van der Waals surface area contributed by atoms with Crippen LogP contribution in [-0.4, -0.2) is 52.0 Å². The number of methoxy groups -OCH3 is 1. The number of benzene rings is 2. The third-order valence-electron chi connectivity index (χ3n) is 4.51. The molecule has 0 aromatic heterocycles. The third kappa shape index (κ3) is 5.44. The van der Waals surface area contributed by atoms with Gasteiger partial charge in [0.05, 0.1) is 20.3 Å². The summed E-state index contributed by atoms with van der Waals surface area (Å²) >= 11 is 0. The maximum Gasteiger partial charge on any atom is 0.246 e. The fraction of sp³-hybridized carbons (Fsp3) is 0.286. The van der Waals surface area contributed by atoms with Crippen LogP contribution in [0.25, 0.3) is 6.08 Å². The highest BCUT2D eigenvalue weighted by Crippen LogP contribution is 2.28. The van der Waals surface area contributed by atoms with E-state index in [1.165, 1.54) is 23.6 Å². The molecule has 7 nitrogen and oxygen atoms in total. The molecule has 1 heterocycles. The monoisotopic (exact) mass is 416 g/mol. The molecule has 1 aliphatic rings. The topological polar surface area (TPSA) is 84.9 Å². The summed E-state index contributed by atoms with van der Waals surface area (Å²) in [6, 6.07) is 14.4. The number of carbonyl (C=O) groups is 1. The van der Waals surface area contributed by atoms with Crippen molar-refractivity contribution in [3.63, 3.8) is 0 Å². The van der Waals surface area contributed by atoms with E-state index >= 15 is 0 Å². The Balaban J connectivity index is 1.74. The normalized spacial score (nSPS) is 15.3. The number of nitrogens with zero attached hydrogens (tertiary/aromatic N) is 1. The zero-order valence-electron chi connectivity index (χ0n) is 16.2. The van der Waals surface area contributed by atoms with E-state index in [1.807, 2.05) is 30.3 Å². The second kappa shape index (κ2) is 9.69. The Morgan fingerprint density at radius 3 is 2.59 bits per heavy atom. The fourth-order valence-corrected chi connectivity index (χ4v) is 4.54. The van der Waals surface area contributed by atoms with Crippen LogP contribution in [0.3, 0.4) is 0 Å². The molecule has 1 fully saturated rings.